The lowest BCUT2D eigenvalue weighted by Crippen LogP contribution is -2.59. The van der Waals surface area contributed by atoms with Crippen LogP contribution in [0.3, 0.4) is 0 Å². The van der Waals surface area contributed by atoms with Crippen LogP contribution < -0.4 is 10.5 Å². The molecule has 2 amide bonds. The first-order chi connectivity index (χ1) is 24.0. The lowest BCUT2D eigenvalue weighted by atomic mass is 9.89. The number of carbonyl (C=O) groups is 2. The Morgan fingerprint density at radius 1 is 1.06 bits per heavy atom. The fourth-order valence-electron chi connectivity index (χ4n) is 6.63. The number of nitrogens with two attached hydrogens (primary N) is 1. The van der Waals surface area contributed by atoms with Gasteiger partial charge in [0.1, 0.15) is 27.9 Å². The summed E-state index contributed by atoms with van der Waals surface area (Å²) < 4.78 is 44.8. The molecule has 3 heterocycles. The molecule has 0 bridgehead atoms. The van der Waals surface area contributed by atoms with Gasteiger partial charge in [0.15, 0.2) is 0 Å². The summed E-state index contributed by atoms with van der Waals surface area (Å²) in [6.45, 7) is 6.06. The van der Waals surface area contributed by atoms with Crippen LogP contribution in [0, 0.1) is 13.8 Å². The van der Waals surface area contributed by atoms with E-state index >= 15 is 0 Å². The number of fused-ring (bicyclic) bond motifs is 1. The zero-order valence-corrected chi connectivity index (χ0v) is 32.3. The first-order valence-electron chi connectivity index (χ1n) is 17.2. The van der Waals surface area contributed by atoms with E-state index in [1.165, 1.54) is 12.1 Å². The van der Waals surface area contributed by atoms with E-state index in [9.17, 15) is 18.0 Å². The monoisotopic (exact) mass is 762 g/mol. The number of aromatic nitrogens is 1. The van der Waals surface area contributed by atoms with Crippen LogP contribution in [0.15, 0.2) is 41.3 Å². The van der Waals surface area contributed by atoms with Crippen molar-refractivity contribution in [3.63, 3.8) is 0 Å². The summed E-state index contributed by atoms with van der Waals surface area (Å²) in [5, 5.41) is 1.02. The maximum atomic E-state index is 14.2. The van der Waals surface area contributed by atoms with Crippen molar-refractivity contribution in [2.45, 2.75) is 62.6 Å². The van der Waals surface area contributed by atoms with E-state index in [0.29, 0.717) is 30.8 Å². The van der Waals surface area contributed by atoms with Gasteiger partial charge in [0.05, 0.1) is 43.6 Å². The lowest BCUT2D eigenvalue weighted by molar-refractivity contribution is -0.870. The number of rotatable bonds is 12. The molecule has 2 aromatic carbocycles. The number of quaternary nitrogens is 1. The fraction of sp³-hybridized carbons (Fsp3) is 0.528. The van der Waals surface area contributed by atoms with Gasteiger partial charge in [-0.05, 0) is 74.9 Å². The van der Waals surface area contributed by atoms with Crippen LogP contribution in [0.1, 0.15) is 42.5 Å². The molecule has 1 unspecified atom stereocenters. The Morgan fingerprint density at radius 3 is 2.39 bits per heavy atom. The summed E-state index contributed by atoms with van der Waals surface area (Å²) in [7, 11) is 1.81. The van der Waals surface area contributed by atoms with Gasteiger partial charge in [0.25, 0.3) is 0 Å². The number of hydrogen-bond acceptors (Lipinski definition) is 8. The number of benzene rings is 2. The number of ether oxygens (including phenoxy) is 2. The molecule has 278 valence electrons. The van der Waals surface area contributed by atoms with Crippen molar-refractivity contribution in [2.75, 3.05) is 67.1 Å². The first kappa shape index (κ1) is 39.2. The Morgan fingerprint density at radius 2 is 1.73 bits per heavy atom. The minimum atomic E-state index is -4.47. The number of amides is 2. The van der Waals surface area contributed by atoms with Crippen molar-refractivity contribution in [3.8, 4) is 5.75 Å². The number of nitrogens with zero attached hydrogens (tertiary/aromatic N) is 5. The average Bonchev–Trinajstić information content (AvgIpc) is 3.07. The Bertz CT molecular complexity index is 1870. The Kier molecular flexibility index (Phi) is 12.2. The predicted molar refractivity (Wildman–Crippen MR) is 199 cm³/mol. The van der Waals surface area contributed by atoms with Gasteiger partial charge in [-0.2, -0.15) is 0 Å². The molecule has 0 aliphatic carbocycles. The summed E-state index contributed by atoms with van der Waals surface area (Å²) in [5.74, 6) is -0.0631. The first-order valence-corrected chi connectivity index (χ1v) is 19.4. The van der Waals surface area contributed by atoms with Crippen LogP contribution in [0.25, 0.3) is 15.6 Å². The number of piperazine rings is 1. The minimum absolute atomic E-state index is 0.0788. The highest BCUT2D eigenvalue weighted by molar-refractivity contribution is 7.94. The van der Waals surface area contributed by atoms with Gasteiger partial charge in [-0.1, -0.05) is 35.3 Å². The third-order valence-electron chi connectivity index (χ3n) is 9.49. The van der Waals surface area contributed by atoms with E-state index in [4.69, 9.17) is 38.4 Å². The molecule has 1 aromatic heterocycles. The molecule has 5 rings (SSSR count). The predicted octanol–water partition coefficient (Wildman–Crippen LogP) is 4.83. The summed E-state index contributed by atoms with van der Waals surface area (Å²) in [6.07, 6.45) is 1.56. The number of halogens is 2. The summed E-state index contributed by atoms with van der Waals surface area (Å²) in [5.41, 5.74) is 7.47. The molecule has 2 saturated heterocycles. The molecule has 51 heavy (non-hydrogen) atoms. The van der Waals surface area contributed by atoms with E-state index in [0.717, 1.165) is 34.1 Å². The van der Waals surface area contributed by atoms with Crippen LogP contribution >= 0.6 is 23.2 Å². The Hall–Kier alpha value is -3.04. The molecule has 2 aliphatic heterocycles. The smallest absolute Gasteiger partial charge is 0.239 e. The second-order valence-corrected chi connectivity index (χ2v) is 16.8. The van der Waals surface area contributed by atoms with Gasteiger partial charge in [0.2, 0.25) is 11.8 Å². The highest BCUT2D eigenvalue weighted by atomic mass is 35.5. The number of aryl methyl sites for hydroxylation is 2. The highest BCUT2D eigenvalue weighted by Gasteiger charge is 2.39. The zero-order chi connectivity index (χ0) is 37.1. The van der Waals surface area contributed by atoms with E-state index in [1.54, 1.807) is 15.9 Å². The molecule has 2 N–H and O–H groups in total. The van der Waals surface area contributed by atoms with Gasteiger partial charge in [0, 0.05) is 61.1 Å². The summed E-state index contributed by atoms with van der Waals surface area (Å²) in [6, 6.07) is 9.70. The second-order valence-electron chi connectivity index (χ2n) is 14.5. The number of pyridine rings is 1. The van der Waals surface area contributed by atoms with Crippen molar-refractivity contribution in [1.82, 2.24) is 14.8 Å². The molecule has 2 aliphatic rings. The Labute approximate surface area is 310 Å². The molecular weight excluding hydrogens is 715 g/mol. The van der Waals surface area contributed by atoms with Crippen molar-refractivity contribution in [2.24, 2.45) is 5.73 Å². The molecule has 12 nitrogen and oxygen atoms in total. The molecular formula is C36H48Cl2N6O6S. The molecule has 3 aromatic rings. The maximum absolute atomic E-state index is 14.2. The largest absolute Gasteiger partial charge is 0.531 e. The molecule has 15 heteroatoms. The Balaban J connectivity index is 1.30. The van der Waals surface area contributed by atoms with Gasteiger partial charge >= 0.3 is 0 Å². The van der Waals surface area contributed by atoms with E-state index in [-0.39, 0.29) is 72.2 Å². The summed E-state index contributed by atoms with van der Waals surface area (Å²) in [4.78, 5) is 34.9. The van der Waals surface area contributed by atoms with E-state index in [1.807, 2.05) is 32.0 Å². The van der Waals surface area contributed by atoms with Crippen LogP contribution in [-0.2, 0) is 31.0 Å². The standard InChI is InChI=1S/C36H48Cl2N6O6S/c1-24-22-25(2)40-33-26(24)8-6-10-30(33)50-23-27-28(37)11-12-31(32(27)38)51(47,48)41-36(13-20-49-21-14-36)35(46)43-17-15-42(16-18-43)34(45)29(39)9-7-19-44(3,4)5/h6,8,10-12,22,29H,7,9,13-21,23,39H2,1-5H3. The maximum Gasteiger partial charge on any atom is 0.239 e. The van der Waals surface area contributed by atoms with E-state index < -0.39 is 27.5 Å². The molecule has 0 saturated carbocycles. The van der Waals surface area contributed by atoms with Crippen molar-refractivity contribution in [3.05, 3.63) is 68.0 Å². The number of carbonyl (C=O) groups excluding carboxylic acids is 2. The highest BCUT2D eigenvalue weighted by Crippen LogP contribution is 2.41. The van der Waals surface area contributed by atoms with Crippen LogP contribution in [-0.4, -0.2) is 118 Å². The van der Waals surface area contributed by atoms with Gasteiger partial charge < -0.3 is 34.2 Å². The van der Waals surface area contributed by atoms with Gasteiger partial charge in [-0.25, -0.2) is 13.4 Å². The minimum Gasteiger partial charge on any atom is -0.531 e. The SMILES string of the molecule is Cc1cc(C)c2cccc(OCc3c(Cl)ccc(S(=O)(=O)[N-]C4(C(=O)N5CCN(C(=O)C(N)CCC[N+](C)(C)C)CC5)CCOCC4)c3Cl)c2n1. The third-order valence-corrected chi connectivity index (χ3v) is 11.9. The van der Waals surface area contributed by atoms with Crippen LogP contribution in [0.4, 0.5) is 0 Å². The number of sulfonamides is 1. The summed E-state index contributed by atoms with van der Waals surface area (Å²) >= 11 is 13.3. The van der Waals surface area contributed by atoms with Crippen LogP contribution in [0.2, 0.25) is 10.0 Å². The van der Waals surface area contributed by atoms with Crippen LogP contribution in [0.5, 0.6) is 5.75 Å². The van der Waals surface area contributed by atoms with E-state index in [2.05, 4.69) is 30.8 Å². The molecule has 0 spiro atoms. The third kappa shape index (κ3) is 9.13. The molecule has 0 radical (unpaired) electrons. The molecule has 1 atom stereocenters. The topological polar surface area (TPSA) is 146 Å². The average molecular weight is 764 g/mol. The van der Waals surface area contributed by atoms with Gasteiger partial charge in [-0.15, -0.1) is 0 Å². The fourth-order valence-corrected chi connectivity index (χ4v) is 8.81. The molecule has 2 fully saturated rings. The van der Waals surface area contributed by atoms with Crippen molar-refractivity contribution >= 4 is 55.9 Å². The lowest BCUT2D eigenvalue weighted by Gasteiger charge is -2.50. The van der Waals surface area contributed by atoms with Crippen molar-refractivity contribution < 1.29 is 32.0 Å². The quantitative estimate of drug-likeness (QED) is 0.258. The number of para-hydroxylation sites is 1. The number of hydrogen-bond donors (Lipinski definition) is 1. The normalized spacial score (nSPS) is 17.4. The second kappa shape index (κ2) is 15.9. The van der Waals surface area contributed by atoms with Crippen molar-refractivity contribution in [1.29, 1.82) is 0 Å². The zero-order valence-electron chi connectivity index (χ0n) is 30.0. The van der Waals surface area contributed by atoms with Gasteiger partial charge in [-0.3, -0.25) is 9.59 Å².